The first-order valence-corrected chi connectivity index (χ1v) is 14.8. The second-order valence-corrected chi connectivity index (χ2v) is 13.7. The van der Waals surface area contributed by atoms with E-state index in [9.17, 15) is 14.3 Å². The van der Waals surface area contributed by atoms with E-state index in [1.807, 2.05) is 12.1 Å². The fourth-order valence-corrected chi connectivity index (χ4v) is 6.42. The number of aromatic hydroxyl groups is 1. The van der Waals surface area contributed by atoms with Crippen molar-refractivity contribution in [1.82, 2.24) is 0 Å². The number of allylic oxidation sites excluding steroid dienone is 1. The predicted octanol–water partition coefficient (Wildman–Crippen LogP) is 8.91. The number of fused-ring (bicyclic) bond motifs is 1. The average Bonchev–Trinajstić information content (AvgIpc) is 3.03. The van der Waals surface area contributed by atoms with Gasteiger partial charge in [0.2, 0.25) is 0 Å². The standard InChI is InChI=1S/C36H43FN2O2/c1-8-17-39-30-12-10-9-11-28(30)38-29-20-23(22-13-15-25(37)16-14-22)21-31(40)32(29)33(39)24-18-26(35(2,3)4)34(41)27(19-24)36(5,6)7/h9-16,18-19,23,33,38,41H,8,17,20-21H2,1-7H3. The lowest BCUT2D eigenvalue weighted by Gasteiger charge is -2.38. The van der Waals surface area contributed by atoms with Crippen molar-refractivity contribution in [2.24, 2.45) is 0 Å². The Morgan fingerprint density at radius 3 is 2.10 bits per heavy atom. The smallest absolute Gasteiger partial charge is 0.163 e. The van der Waals surface area contributed by atoms with Gasteiger partial charge in [0.15, 0.2) is 5.78 Å². The van der Waals surface area contributed by atoms with Crippen molar-refractivity contribution >= 4 is 17.2 Å². The van der Waals surface area contributed by atoms with Gasteiger partial charge >= 0.3 is 0 Å². The maximum absolute atomic E-state index is 14.3. The Kier molecular flexibility index (Phi) is 7.52. The predicted molar refractivity (Wildman–Crippen MR) is 166 cm³/mol. The van der Waals surface area contributed by atoms with Crippen LogP contribution >= 0.6 is 0 Å². The molecule has 41 heavy (non-hydrogen) atoms. The van der Waals surface area contributed by atoms with Gasteiger partial charge in [0.25, 0.3) is 0 Å². The van der Waals surface area contributed by atoms with Gasteiger partial charge in [-0.1, -0.05) is 72.7 Å². The molecule has 2 atom stereocenters. The quantitative estimate of drug-likeness (QED) is 0.338. The monoisotopic (exact) mass is 554 g/mol. The molecule has 216 valence electrons. The number of nitrogens with zero attached hydrogens (tertiary/aromatic N) is 1. The molecular weight excluding hydrogens is 511 g/mol. The van der Waals surface area contributed by atoms with Gasteiger partial charge in [-0.3, -0.25) is 4.79 Å². The van der Waals surface area contributed by atoms with Gasteiger partial charge in [-0.25, -0.2) is 4.39 Å². The summed E-state index contributed by atoms with van der Waals surface area (Å²) in [6.07, 6.45) is 1.94. The Labute approximate surface area is 244 Å². The van der Waals surface area contributed by atoms with Gasteiger partial charge in [0.05, 0.1) is 17.4 Å². The van der Waals surface area contributed by atoms with E-state index in [4.69, 9.17) is 0 Å². The number of ketones is 1. The zero-order valence-electron chi connectivity index (χ0n) is 25.4. The molecule has 0 radical (unpaired) electrons. The van der Waals surface area contributed by atoms with Crippen LogP contribution in [-0.4, -0.2) is 17.4 Å². The molecule has 0 amide bonds. The Bertz CT molecular complexity index is 1460. The highest BCUT2D eigenvalue weighted by atomic mass is 19.1. The van der Waals surface area contributed by atoms with Crippen molar-refractivity contribution in [3.8, 4) is 5.75 Å². The molecule has 2 unspecified atom stereocenters. The molecule has 0 saturated heterocycles. The Hall–Kier alpha value is -3.60. The summed E-state index contributed by atoms with van der Waals surface area (Å²) < 4.78 is 13.7. The van der Waals surface area contributed by atoms with Gasteiger partial charge in [0, 0.05) is 24.2 Å². The third-order valence-electron chi connectivity index (χ3n) is 8.46. The van der Waals surface area contributed by atoms with E-state index in [-0.39, 0.29) is 34.4 Å². The summed E-state index contributed by atoms with van der Waals surface area (Å²) in [5.74, 6) is 0.136. The molecule has 1 heterocycles. The van der Waals surface area contributed by atoms with Crippen molar-refractivity contribution < 1.29 is 14.3 Å². The number of carbonyl (C=O) groups is 1. The number of anilines is 2. The van der Waals surface area contributed by atoms with E-state index in [1.54, 1.807) is 12.1 Å². The van der Waals surface area contributed by atoms with Crippen LogP contribution in [0.25, 0.3) is 0 Å². The number of carbonyl (C=O) groups excluding carboxylic acids is 1. The Morgan fingerprint density at radius 2 is 1.51 bits per heavy atom. The van der Waals surface area contributed by atoms with Gasteiger partial charge in [-0.2, -0.15) is 0 Å². The summed E-state index contributed by atoms with van der Waals surface area (Å²) in [6, 6.07) is 18.8. The first-order valence-electron chi connectivity index (χ1n) is 14.8. The fraction of sp³-hybridized carbons (Fsp3) is 0.417. The SMILES string of the molecule is CCCN1c2ccccc2NC2=C(C(=O)CC(c3ccc(F)cc3)C2)C1c1cc(C(C)(C)C)c(O)c(C(C)(C)C)c1. The lowest BCUT2D eigenvalue weighted by atomic mass is 9.74. The van der Waals surface area contributed by atoms with Crippen molar-refractivity contribution in [2.75, 3.05) is 16.8 Å². The minimum atomic E-state index is -0.314. The van der Waals surface area contributed by atoms with E-state index in [2.05, 4.69) is 82.9 Å². The van der Waals surface area contributed by atoms with Crippen LogP contribution in [0.4, 0.5) is 15.8 Å². The number of Topliss-reactive ketones (excluding diaryl/α,β-unsaturated/α-hetero) is 1. The lowest BCUT2D eigenvalue weighted by molar-refractivity contribution is -0.116. The highest BCUT2D eigenvalue weighted by Crippen LogP contribution is 2.49. The fourth-order valence-electron chi connectivity index (χ4n) is 6.42. The van der Waals surface area contributed by atoms with Crippen LogP contribution in [0.1, 0.15) is 102 Å². The third kappa shape index (κ3) is 5.51. The molecule has 4 nitrogen and oxygen atoms in total. The number of phenolic OH excluding ortho intramolecular Hbond substituents is 1. The summed E-state index contributed by atoms with van der Waals surface area (Å²) in [6.45, 7) is 15.7. The summed E-state index contributed by atoms with van der Waals surface area (Å²) in [5, 5.41) is 15.2. The second kappa shape index (κ2) is 10.7. The molecular formula is C36H43FN2O2. The zero-order valence-corrected chi connectivity index (χ0v) is 25.4. The molecule has 0 fully saturated rings. The van der Waals surface area contributed by atoms with Gasteiger partial charge in [-0.05, 0) is 88.2 Å². The van der Waals surface area contributed by atoms with E-state index in [0.29, 0.717) is 18.6 Å². The summed E-state index contributed by atoms with van der Waals surface area (Å²) >= 11 is 0. The highest BCUT2D eigenvalue weighted by Gasteiger charge is 2.40. The zero-order chi connectivity index (χ0) is 29.7. The van der Waals surface area contributed by atoms with E-state index < -0.39 is 0 Å². The van der Waals surface area contributed by atoms with Gasteiger partial charge < -0.3 is 15.3 Å². The topological polar surface area (TPSA) is 52.6 Å². The minimum absolute atomic E-state index is 0.0324. The molecule has 0 spiro atoms. The summed E-state index contributed by atoms with van der Waals surface area (Å²) in [7, 11) is 0. The van der Waals surface area contributed by atoms with E-state index >= 15 is 0 Å². The molecule has 1 aliphatic heterocycles. The Morgan fingerprint density at radius 1 is 0.902 bits per heavy atom. The molecule has 3 aromatic carbocycles. The molecule has 5 rings (SSSR count). The minimum Gasteiger partial charge on any atom is -0.507 e. The second-order valence-electron chi connectivity index (χ2n) is 13.7. The van der Waals surface area contributed by atoms with Crippen LogP contribution in [0.15, 0.2) is 71.9 Å². The summed E-state index contributed by atoms with van der Waals surface area (Å²) in [5.41, 5.74) is 6.93. The van der Waals surface area contributed by atoms with Crippen LogP contribution in [0.5, 0.6) is 5.75 Å². The maximum atomic E-state index is 14.3. The van der Waals surface area contributed by atoms with Crippen LogP contribution in [0.3, 0.4) is 0 Å². The molecule has 2 aliphatic rings. The maximum Gasteiger partial charge on any atom is 0.163 e. The lowest BCUT2D eigenvalue weighted by Crippen LogP contribution is -2.35. The molecule has 0 aromatic heterocycles. The molecule has 0 saturated carbocycles. The van der Waals surface area contributed by atoms with Crippen molar-refractivity contribution in [3.63, 3.8) is 0 Å². The number of nitrogens with one attached hydrogen (secondary N) is 1. The number of hydrogen-bond donors (Lipinski definition) is 2. The largest absolute Gasteiger partial charge is 0.507 e. The van der Waals surface area contributed by atoms with Gasteiger partial charge in [0.1, 0.15) is 11.6 Å². The van der Waals surface area contributed by atoms with Crippen LogP contribution < -0.4 is 10.2 Å². The normalized spacial score (nSPS) is 19.4. The first kappa shape index (κ1) is 28.9. The van der Waals surface area contributed by atoms with Crippen LogP contribution in [-0.2, 0) is 15.6 Å². The average molecular weight is 555 g/mol. The highest BCUT2D eigenvalue weighted by molar-refractivity contribution is 6.01. The Balaban J connectivity index is 1.77. The molecule has 2 N–H and O–H groups in total. The summed E-state index contributed by atoms with van der Waals surface area (Å²) in [4.78, 5) is 16.7. The van der Waals surface area contributed by atoms with Crippen molar-refractivity contribution in [3.05, 3.63) is 100 Å². The number of para-hydroxylation sites is 2. The van der Waals surface area contributed by atoms with Crippen molar-refractivity contribution in [2.45, 2.75) is 90.5 Å². The van der Waals surface area contributed by atoms with Crippen LogP contribution in [0, 0.1) is 5.82 Å². The van der Waals surface area contributed by atoms with E-state index in [1.165, 1.54) is 12.1 Å². The first-order chi connectivity index (χ1) is 19.3. The number of halogens is 1. The van der Waals surface area contributed by atoms with E-state index in [0.717, 1.165) is 57.9 Å². The molecule has 0 bridgehead atoms. The van der Waals surface area contributed by atoms with Gasteiger partial charge in [-0.15, -0.1) is 0 Å². The number of phenols is 1. The number of hydrogen-bond acceptors (Lipinski definition) is 4. The number of rotatable bonds is 4. The molecule has 1 aliphatic carbocycles. The number of benzene rings is 3. The van der Waals surface area contributed by atoms with Crippen LogP contribution in [0.2, 0.25) is 0 Å². The molecule has 5 heteroatoms. The third-order valence-corrected chi connectivity index (χ3v) is 8.46. The molecule has 3 aromatic rings. The van der Waals surface area contributed by atoms with Crippen molar-refractivity contribution in [1.29, 1.82) is 0 Å².